The van der Waals surface area contributed by atoms with E-state index in [4.69, 9.17) is 13.9 Å². The number of hydrogen-bond acceptors (Lipinski definition) is 8. The van der Waals surface area contributed by atoms with Crippen LogP contribution in [0.5, 0.6) is 0 Å². The molecule has 0 aliphatic carbocycles. The maximum absolute atomic E-state index is 13.0. The van der Waals surface area contributed by atoms with Crippen molar-refractivity contribution in [3.63, 3.8) is 0 Å². The van der Waals surface area contributed by atoms with Crippen LogP contribution in [0.15, 0.2) is 24.3 Å². The van der Waals surface area contributed by atoms with Crippen LogP contribution in [0.4, 0.5) is 15.3 Å². The number of nitrogens with zero attached hydrogens (tertiary/aromatic N) is 2. The summed E-state index contributed by atoms with van der Waals surface area (Å²) < 4.78 is 17.3. The Morgan fingerprint density at radius 3 is 2.33 bits per heavy atom. The number of amides is 2. The Hall–Kier alpha value is -2.70. The van der Waals surface area contributed by atoms with E-state index in [1.807, 2.05) is 20.8 Å². The van der Waals surface area contributed by atoms with Gasteiger partial charge in [0.25, 0.3) is 5.69 Å². The molecule has 2 rings (SSSR count). The molecule has 1 saturated heterocycles. The lowest BCUT2D eigenvalue weighted by molar-refractivity contribution is -0.384. The number of aliphatic hydroxyl groups is 1. The standard InChI is InChI=1S/C27H45N3O8Si/c1-26(2,3)37-25(33)29-17-21(38-39(7,8)27(4,5)6)16-22(29)23(31)10-9-15-28-24(32)36-18-19-11-13-20(14-12-19)30(34)35/h11-14,21-23,31H,9-10,15-18H2,1-8H3,(H,28,32)/t21-,22+,23+/m1/s1. The summed E-state index contributed by atoms with van der Waals surface area (Å²) in [6.45, 7) is 16.9. The van der Waals surface area contributed by atoms with Crippen LogP contribution >= 0.6 is 0 Å². The second-order valence-electron chi connectivity index (χ2n) is 12.6. The highest BCUT2D eigenvalue weighted by Gasteiger charge is 2.46. The van der Waals surface area contributed by atoms with Gasteiger partial charge in [-0.2, -0.15) is 0 Å². The molecule has 1 aromatic rings. The molecule has 2 N–H and O–H groups in total. The van der Waals surface area contributed by atoms with E-state index < -0.39 is 43.2 Å². The lowest BCUT2D eigenvalue weighted by Gasteiger charge is -2.38. The number of carbonyl (C=O) groups excluding carboxylic acids is 2. The topological polar surface area (TPSA) is 140 Å². The average Bonchev–Trinajstić information content (AvgIpc) is 3.22. The van der Waals surface area contributed by atoms with Crippen LogP contribution in [0.3, 0.4) is 0 Å². The number of aliphatic hydroxyl groups excluding tert-OH is 1. The summed E-state index contributed by atoms with van der Waals surface area (Å²) >= 11 is 0. The highest BCUT2D eigenvalue weighted by Crippen LogP contribution is 2.39. The van der Waals surface area contributed by atoms with Crippen LogP contribution in [0.25, 0.3) is 0 Å². The maximum atomic E-state index is 13.0. The number of nitrogens with one attached hydrogen (secondary N) is 1. The van der Waals surface area contributed by atoms with Gasteiger partial charge in [-0.05, 0) is 75.9 Å². The van der Waals surface area contributed by atoms with Gasteiger partial charge in [0, 0.05) is 25.2 Å². The normalized spacial score (nSPS) is 18.9. The minimum Gasteiger partial charge on any atom is -0.445 e. The molecular weight excluding hydrogens is 522 g/mol. The van der Waals surface area contributed by atoms with E-state index in [-0.39, 0.29) is 30.0 Å². The van der Waals surface area contributed by atoms with E-state index in [1.54, 1.807) is 4.90 Å². The molecule has 220 valence electrons. The first-order valence-electron chi connectivity index (χ1n) is 13.4. The molecule has 0 unspecified atom stereocenters. The predicted molar refractivity (Wildman–Crippen MR) is 150 cm³/mol. The minimum atomic E-state index is -2.08. The maximum Gasteiger partial charge on any atom is 0.410 e. The fourth-order valence-electron chi connectivity index (χ4n) is 4.01. The molecular formula is C27H45N3O8Si. The van der Waals surface area contributed by atoms with Crippen molar-refractivity contribution in [2.45, 2.75) is 109 Å². The summed E-state index contributed by atoms with van der Waals surface area (Å²) in [5, 5.41) is 24.4. The highest BCUT2D eigenvalue weighted by molar-refractivity contribution is 6.74. The molecule has 0 saturated carbocycles. The van der Waals surface area contributed by atoms with Gasteiger partial charge in [-0.15, -0.1) is 0 Å². The zero-order valence-electron chi connectivity index (χ0n) is 24.5. The van der Waals surface area contributed by atoms with Crippen LogP contribution in [0, 0.1) is 10.1 Å². The number of likely N-dealkylation sites (tertiary alicyclic amines) is 1. The van der Waals surface area contributed by atoms with Crippen molar-refractivity contribution in [2.75, 3.05) is 13.1 Å². The largest absolute Gasteiger partial charge is 0.445 e. The lowest BCUT2D eigenvalue weighted by Crippen LogP contribution is -2.46. The Balaban J connectivity index is 1.88. The number of hydrogen-bond donors (Lipinski definition) is 2. The quantitative estimate of drug-likeness (QED) is 0.167. The molecule has 1 aromatic carbocycles. The zero-order valence-corrected chi connectivity index (χ0v) is 25.5. The van der Waals surface area contributed by atoms with E-state index in [9.17, 15) is 24.8 Å². The monoisotopic (exact) mass is 567 g/mol. The third-order valence-electron chi connectivity index (χ3n) is 7.11. The molecule has 1 aliphatic heterocycles. The second-order valence-corrected chi connectivity index (χ2v) is 17.3. The first kappa shape index (κ1) is 32.5. The van der Waals surface area contributed by atoms with Crippen LogP contribution in [0.1, 0.15) is 66.4 Å². The fraction of sp³-hybridized carbons (Fsp3) is 0.704. The second kappa shape index (κ2) is 13.1. The third kappa shape index (κ3) is 10.1. The summed E-state index contributed by atoms with van der Waals surface area (Å²) in [5.41, 5.74) is -0.0692. The number of rotatable bonds is 10. The Morgan fingerprint density at radius 2 is 1.79 bits per heavy atom. The molecule has 0 radical (unpaired) electrons. The third-order valence-corrected chi connectivity index (χ3v) is 11.6. The molecule has 0 aromatic heterocycles. The Kier molecular flexibility index (Phi) is 10.9. The Labute approximate surface area is 232 Å². The number of non-ortho nitro benzene ring substituents is 1. The predicted octanol–water partition coefficient (Wildman–Crippen LogP) is 5.36. The van der Waals surface area contributed by atoms with Crippen molar-refractivity contribution in [1.29, 1.82) is 0 Å². The average molecular weight is 568 g/mol. The summed E-state index contributed by atoms with van der Waals surface area (Å²) in [5.74, 6) is 0. The van der Waals surface area contributed by atoms with Crippen molar-refractivity contribution in [3.8, 4) is 0 Å². The van der Waals surface area contributed by atoms with Crippen molar-refractivity contribution in [2.24, 2.45) is 0 Å². The molecule has 1 heterocycles. The number of nitro groups is 1. The number of carbonyl (C=O) groups is 2. The number of benzene rings is 1. The van der Waals surface area contributed by atoms with Crippen LogP contribution in [-0.4, -0.2) is 72.4 Å². The molecule has 0 bridgehead atoms. The number of nitro benzene ring substituents is 1. The Morgan fingerprint density at radius 1 is 1.18 bits per heavy atom. The van der Waals surface area contributed by atoms with Crippen molar-refractivity contribution in [1.82, 2.24) is 10.2 Å². The van der Waals surface area contributed by atoms with E-state index >= 15 is 0 Å². The van der Waals surface area contributed by atoms with Gasteiger partial charge in [-0.3, -0.25) is 15.0 Å². The van der Waals surface area contributed by atoms with Gasteiger partial charge in [0.15, 0.2) is 8.32 Å². The number of alkyl carbamates (subject to hydrolysis) is 1. The van der Waals surface area contributed by atoms with Crippen LogP contribution < -0.4 is 5.32 Å². The van der Waals surface area contributed by atoms with E-state index in [0.717, 1.165) is 0 Å². The Bertz CT molecular complexity index is 988. The first-order valence-corrected chi connectivity index (χ1v) is 16.3. The van der Waals surface area contributed by atoms with Gasteiger partial charge in [0.2, 0.25) is 0 Å². The molecule has 3 atom stereocenters. The van der Waals surface area contributed by atoms with E-state index in [1.165, 1.54) is 24.3 Å². The van der Waals surface area contributed by atoms with Gasteiger partial charge in [-0.1, -0.05) is 20.8 Å². The molecule has 1 aliphatic rings. The summed E-state index contributed by atoms with van der Waals surface area (Å²) in [6, 6.07) is 5.31. The van der Waals surface area contributed by atoms with Gasteiger partial charge >= 0.3 is 12.2 Å². The number of ether oxygens (including phenoxy) is 2. The van der Waals surface area contributed by atoms with Crippen molar-refractivity contribution >= 4 is 26.2 Å². The van der Waals surface area contributed by atoms with Crippen molar-refractivity contribution in [3.05, 3.63) is 39.9 Å². The summed E-state index contributed by atoms with van der Waals surface area (Å²) in [7, 11) is -2.08. The van der Waals surface area contributed by atoms with Crippen LogP contribution in [-0.2, 0) is 20.5 Å². The van der Waals surface area contributed by atoms with Crippen molar-refractivity contribution < 1.29 is 33.5 Å². The highest BCUT2D eigenvalue weighted by atomic mass is 28.4. The lowest BCUT2D eigenvalue weighted by atomic mass is 10.0. The molecule has 1 fully saturated rings. The molecule has 0 spiro atoms. The van der Waals surface area contributed by atoms with Crippen LogP contribution in [0.2, 0.25) is 18.1 Å². The molecule has 11 nitrogen and oxygen atoms in total. The van der Waals surface area contributed by atoms with Gasteiger partial charge < -0.3 is 24.3 Å². The van der Waals surface area contributed by atoms with E-state index in [0.29, 0.717) is 31.4 Å². The smallest absolute Gasteiger partial charge is 0.410 e. The molecule has 39 heavy (non-hydrogen) atoms. The SMILES string of the molecule is CC(C)(C)OC(=O)N1C[C@H](O[Si](C)(C)C(C)(C)C)C[C@H]1[C@@H](O)CCCNC(=O)OCc1ccc([N+](=O)[O-])cc1. The fourth-order valence-corrected chi connectivity index (χ4v) is 5.37. The van der Waals surface area contributed by atoms with Gasteiger partial charge in [0.05, 0.1) is 23.2 Å². The van der Waals surface area contributed by atoms with Gasteiger partial charge in [-0.25, -0.2) is 9.59 Å². The van der Waals surface area contributed by atoms with E-state index in [2.05, 4.69) is 39.2 Å². The summed E-state index contributed by atoms with van der Waals surface area (Å²) in [6.07, 6.45) is -0.756. The molecule has 2 amide bonds. The molecule has 12 heteroatoms. The first-order chi connectivity index (χ1) is 17.9. The minimum absolute atomic E-state index is 0.0131. The van der Waals surface area contributed by atoms with Gasteiger partial charge in [0.1, 0.15) is 12.2 Å². The summed E-state index contributed by atoms with van der Waals surface area (Å²) in [4.78, 5) is 36.8. The zero-order chi connectivity index (χ0) is 29.6.